The Bertz CT molecular complexity index is 709. The molecule has 3 rings (SSSR count). The molecule has 1 fully saturated rings. The van der Waals surface area contributed by atoms with Gasteiger partial charge in [0.2, 0.25) is 0 Å². The van der Waals surface area contributed by atoms with Crippen LogP contribution in [0.3, 0.4) is 0 Å². The Morgan fingerprint density at radius 3 is 2.04 bits per heavy atom. The highest BCUT2D eigenvalue weighted by Gasteiger charge is 2.33. The summed E-state index contributed by atoms with van der Waals surface area (Å²) in [6.45, 7) is 2.44. The van der Waals surface area contributed by atoms with Crippen molar-refractivity contribution >= 4 is 17.5 Å². The fraction of sp³-hybridized carbons (Fsp3) is 0.438. The van der Waals surface area contributed by atoms with Gasteiger partial charge in [0.25, 0.3) is 0 Å². The number of pyridine rings is 1. The molecule has 0 unspecified atom stereocenters. The van der Waals surface area contributed by atoms with Crippen LogP contribution in [-0.4, -0.2) is 55.5 Å². The van der Waals surface area contributed by atoms with E-state index in [1.165, 1.54) is 6.07 Å². The Labute approximate surface area is 143 Å². The predicted octanol–water partition coefficient (Wildman–Crippen LogP) is 2.28. The van der Waals surface area contributed by atoms with E-state index in [2.05, 4.69) is 20.1 Å². The monoisotopic (exact) mass is 352 g/mol. The second kappa shape index (κ2) is 6.73. The van der Waals surface area contributed by atoms with Crippen molar-refractivity contribution in [1.29, 1.82) is 0 Å². The van der Waals surface area contributed by atoms with Crippen LogP contribution in [0.4, 0.5) is 30.6 Å². The van der Waals surface area contributed by atoms with Crippen molar-refractivity contribution in [1.82, 2.24) is 15.2 Å². The van der Waals surface area contributed by atoms with E-state index in [4.69, 9.17) is 0 Å². The lowest BCUT2D eigenvalue weighted by Gasteiger charge is -2.36. The second-order valence-electron chi connectivity index (χ2n) is 6.00. The lowest BCUT2D eigenvalue weighted by atomic mass is 10.2. The number of halogens is 3. The third-order valence-electron chi connectivity index (χ3n) is 4.05. The lowest BCUT2D eigenvalue weighted by Crippen LogP contribution is -2.47. The Hall–Kier alpha value is -2.58. The first-order valence-electron chi connectivity index (χ1n) is 7.90. The first-order chi connectivity index (χ1) is 11.8. The zero-order valence-electron chi connectivity index (χ0n) is 14.0. The Balaban J connectivity index is 1.66. The number of hydrogen-bond acceptors (Lipinski definition) is 6. The number of aromatic nitrogens is 3. The van der Waals surface area contributed by atoms with E-state index in [0.717, 1.165) is 17.7 Å². The molecular formula is C16H19F3N6. The fourth-order valence-corrected chi connectivity index (χ4v) is 2.65. The molecule has 134 valence electrons. The molecule has 3 heterocycles. The van der Waals surface area contributed by atoms with Gasteiger partial charge in [-0.2, -0.15) is 13.2 Å². The number of hydrogen-bond donors (Lipinski definition) is 0. The highest BCUT2D eigenvalue weighted by atomic mass is 19.4. The SMILES string of the molecule is CN(C)c1ccc(N2CCN(c3cccc(C(F)(F)F)n3)CC2)nn1. The van der Waals surface area contributed by atoms with Gasteiger partial charge in [-0.15, -0.1) is 10.2 Å². The van der Waals surface area contributed by atoms with Gasteiger partial charge < -0.3 is 14.7 Å². The van der Waals surface area contributed by atoms with E-state index in [0.29, 0.717) is 32.0 Å². The molecule has 0 aliphatic carbocycles. The first-order valence-corrected chi connectivity index (χ1v) is 7.90. The molecule has 0 radical (unpaired) electrons. The van der Waals surface area contributed by atoms with E-state index in [1.807, 2.05) is 36.0 Å². The standard InChI is InChI=1S/C16H19F3N6/c1-23(2)14-6-7-15(22-21-14)25-10-8-24(9-11-25)13-5-3-4-12(20-13)16(17,18)19/h3-7H,8-11H2,1-2H3. The molecule has 0 atom stereocenters. The molecule has 1 saturated heterocycles. The van der Waals surface area contributed by atoms with Crippen molar-refractivity contribution in [2.24, 2.45) is 0 Å². The molecule has 0 amide bonds. The maximum atomic E-state index is 12.8. The van der Waals surface area contributed by atoms with Crippen LogP contribution in [0.25, 0.3) is 0 Å². The van der Waals surface area contributed by atoms with Crippen LogP contribution in [0.15, 0.2) is 30.3 Å². The van der Waals surface area contributed by atoms with Gasteiger partial charge in [0, 0.05) is 40.3 Å². The van der Waals surface area contributed by atoms with Gasteiger partial charge in [-0.25, -0.2) is 4.98 Å². The Morgan fingerprint density at radius 1 is 0.880 bits per heavy atom. The Morgan fingerprint density at radius 2 is 1.52 bits per heavy atom. The average molecular weight is 352 g/mol. The predicted molar refractivity (Wildman–Crippen MR) is 90.0 cm³/mol. The minimum Gasteiger partial charge on any atom is -0.361 e. The van der Waals surface area contributed by atoms with E-state index >= 15 is 0 Å². The zero-order valence-corrected chi connectivity index (χ0v) is 14.0. The summed E-state index contributed by atoms with van der Waals surface area (Å²) < 4.78 is 38.4. The minimum atomic E-state index is -4.43. The van der Waals surface area contributed by atoms with Crippen LogP contribution in [0, 0.1) is 0 Å². The second-order valence-corrected chi connectivity index (χ2v) is 6.00. The van der Waals surface area contributed by atoms with Crippen LogP contribution in [-0.2, 0) is 6.18 Å². The van der Waals surface area contributed by atoms with E-state index < -0.39 is 11.9 Å². The van der Waals surface area contributed by atoms with Gasteiger partial charge in [0.1, 0.15) is 11.5 Å². The van der Waals surface area contributed by atoms with Crippen LogP contribution in [0.2, 0.25) is 0 Å². The minimum absolute atomic E-state index is 0.350. The molecule has 1 aliphatic rings. The van der Waals surface area contributed by atoms with Crippen LogP contribution >= 0.6 is 0 Å². The number of piperazine rings is 1. The third kappa shape index (κ3) is 3.92. The largest absolute Gasteiger partial charge is 0.433 e. The maximum Gasteiger partial charge on any atom is 0.433 e. The van der Waals surface area contributed by atoms with E-state index in [9.17, 15) is 13.2 Å². The summed E-state index contributed by atoms with van der Waals surface area (Å²) in [6, 6.07) is 7.78. The molecule has 0 bridgehead atoms. The molecule has 0 spiro atoms. The van der Waals surface area contributed by atoms with Crippen LogP contribution < -0.4 is 14.7 Å². The number of nitrogens with zero attached hydrogens (tertiary/aromatic N) is 6. The summed E-state index contributed by atoms with van der Waals surface area (Å²) >= 11 is 0. The van der Waals surface area contributed by atoms with Crippen molar-refractivity contribution in [3.8, 4) is 0 Å². The summed E-state index contributed by atoms with van der Waals surface area (Å²) in [5.74, 6) is 1.89. The van der Waals surface area contributed by atoms with Crippen molar-refractivity contribution < 1.29 is 13.2 Å². The van der Waals surface area contributed by atoms with E-state index in [-0.39, 0.29) is 0 Å². The highest BCUT2D eigenvalue weighted by molar-refractivity contribution is 5.47. The number of rotatable bonds is 3. The summed E-state index contributed by atoms with van der Waals surface area (Å²) in [7, 11) is 3.79. The van der Waals surface area contributed by atoms with Gasteiger partial charge in [-0.05, 0) is 24.3 Å². The molecule has 6 nitrogen and oxygen atoms in total. The quantitative estimate of drug-likeness (QED) is 0.845. The molecule has 25 heavy (non-hydrogen) atoms. The molecule has 1 aliphatic heterocycles. The van der Waals surface area contributed by atoms with Gasteiger partial charge in [-0.1, -0.05) is 6.07 Å². The van der Waals surface area contributed by atoms with Crippen molar-refractivity contribution in [2.75, 3.05) is 55.0 Å². The number of alkyl halides is 3. The van der Waals surface area contributed by atoms with Crippen LogP contribution in [0.5, 0.6) is 0 Å². The molecule has 9 heteroatoms. The lowest BCUT2D eigenvalue weighted by molar-refractivity contribution is -0.141. The van der Waals surface area contributed by atoms with Gasteiger partial charge in [-0.3, -0.25) is 0 Å². The maximum absolute atomic E-state index is 12.8. The number of anilines is 3. The topological polar surface area (TPSA) is 48.4 Å². The molecular weight excluding hydrogens is 333 g/mol. The van der Waals surface area contributed by atoms with Crippen molar-refractivity contribution in [3.63, 3.8) is 0 Å². The summed E-state index contributed by atoms with van der Waals surface area (Å²) in [5.41, 5.74) is -0.863. The molecule has 2 aromatic rings. The highest BCUT2D eigenvalue weighted by Crippen LogP contribution is 2.29. The zero-order chi connectivity index (χ0) is 18.0. The Kier molecular flexibility index (Phi) is 4.65. The first kappa shape index (κ1) is 17.2. The third-order valence-corrected chi connectivity index (χ3v) is 4.05. The molecule has 2 aromatic heterocycles. The summed E-state index contributed by atoms with van der Waals surface area (Å²) in [5, 5.41) is 8.37. The van der Waals surface area contributed by atoms with Crippen LogP contribution in [0.1, 0.15) is 5.69 Å². The summed E-state index contributed by atoms with van der Waals surface area (Å²) in [6.07, 6.45) is -4.43. The summed E-state index contributed by atoms with van der Waals surface area (Å²) in [4.78, 5) is 9.54. The van der Waals surface area contributed by atoms with Gasteiger partial charge in [0.15, 0.2) is 11.6 Å². The normalized spacial score (nSPS) is 15.4. The molecule has 0 aromatic carbocycles. The van der Waals surface area contributed by atoms with Gasteiger partial charge in [0.05, 0.1) is 0 Å². The smallest absolute Gasteiger partial charge is 0.361 e. The average Bonchev–Trinajstić information content (AvgIpc) is 2.61. The molecule has 0 N–H and O–H groups in total. The van der Waals surface area contributed by atoms with E-state index in [1.54, 1.807) is 6.07 Å². The molecule has 0 saturated carbocycles. The van der Waals surface area contributed by atoms with Gasteiger partial charge >= 0.3 is 6.18 Å². The van der Waals surface area contributed by atoms with Crippen molar-refractivity contribution in [2.45, 2.75) is 6.18 Å². The fourth-order valence-electron chi connectivity index (χ4n) is 2.65. The van der Waals surface area contributed by atoms with Crippen molar-refractivity contribution in [3.05, 3.63) is 36.0 Å².